The quantitative estimate of drug-likeness (QED) is 0.410. The van der Waals surface area contributed by atoms with E-state index in [1.54, 1.807) is 0 Å². The van der Waals surface area contributed by atoms with Crippen molar-refractivity contribution in [3.05, 3.63) is 0 Å². The predicted molar refractivity (Wildman–Crippen MR) is 50.0 cm³/mol. The Kier molecular flexibility index (Phi) is 4.18. The monoisotopic (exact) mass is 240 g/mol. The third-order valence-corrected chi connectivity index (χ3v) is 1.26. The molecule has 0 aliphatic rings. The fourth-order valence-electron chi connectivity index (χ4n) is 0.333. The molecule has 0 N–H and O–H groups in total. The van der Waals surface area contributed by atoms with Crippen molar-refractivity contribution >= 4 is 26.3 Å². The Labute approximate surface area is 70.5 Å². The Hall–Kier alpha value is 0.200. The summed E-state index contributed by atoms with van der Waals surface area (Å²) in [5.74, 6) is 0. The van der Waals surface area contributed by atoms with Gasteiger partial charge in [-0.15, -0.1) is 0 Å². The van der Waals surface area contributed by atoms with E-state index in [4.69, 9.17) is 0 Å². The first-order chi connectivity index (χ1) is 4.04. The fraction of sp³-hybridized carbons (Fsp3) is 0.833. The summed E-state index contributed by atoms with van der Waals surface area (Å²) >= 11 is 2.20. The molecule has 3 heteroatoms. The van der Waals surface area contributed by atoms with Crippen molar-refractivity contribution < 1.29 is 0 Å². The second-order valence-electron chi connectivity index (χ2n) is 2.26. The van der Waals surface area contributed by atoms with Gasteiger partial charge in [-0.25, -0.2) is 0 Å². The maximum absolute atomic E-state index is 4.21. The van der Waals surface area contributed by atoms with Gasteiger partial charge in [0.2, 0.25) is 0 Å². The van der Waals surface area contributed by atoms with Crippen molar-refractivity contribution in [1.82, 2.24) is 5.01 Å². The molecule has 0 rings (SSSR count). The molecule has 0 aromatic rings. The van der Waals surface area contributed by atoms with E-state index in [-0.39, 0.29) is 0 Å². The van der Waals surface area contributed by atoms with Crippen LogP contribution in [-0.4, -0.2) is 21.8 Å². The maximum Gasteiger partial charge on any atom is 0.0953 e. The Balaban J connectivity index is 3.76. The molecule has 0 unspecified atom stereocenters. The van der Waals surface area contributed by atoms with Crippen molar-refractivity contribution in [3.8, 4) is 0 Å². The number of hydrazone groups is 1. The van der Waals surface area contributed by atoms with Gasteiger partial charge >= 0.3 is 0 Å². The smallest absolute Gasteiger partial charge is 0.0953 e. The summed E-state index contributed by atoms with van der Waals surface area (Å²) in [5, 5.41) is 6.16. The predicted octanol–water partition coefficient (Wildman–Crippen LogP) is 2.09. The van der Waals surface area contributed by atoms with Crippen LogP contribution in [0.2, 0.25) is 0 Å². The molecule has 0 bridgehead atoms. The summed E-state index contributed by atoms with van der Waals surface area (Å²) in [7, 11) is 1.98. The summed E-state index contributed by atoms with van der Waals surface area (Å²) in [6, 6.07) is 0.495. The first-order valence-electron chi connectivity index (χ1n) is 2.97. The number of halogens is 1. The normalized spacial score (nSPS) is 12.4. The van der Waals surface area contributed by atoms with Crippen LogP contribution < -0.4 is 0 Å². The second-order valence-corrected chi connectivity index (χ2v) is 3.83. The molecule has 0 aliphatic carbocycles. The lowest BCUT2D eigenvalue weighted by Gasteiger charge is -2.16. The first kappa shape index (κ1) is 9.20. The fourth-order valence-corrected chi connectivity index (χ4v) is 0.673. The van der Waals surface area contributed by atoms with Gasteiger partial charge in [-0.2, -0.15) is 5.10 Å². The Bertz CT molecular complexity index is 106. The van der Waals surface area contributed by atoms with Crippen LogP contribution in [0.5, 0.6) is 0 Å². The average molecular weight is 240 g/mol. The lowest BCUT2D eigenvalue weighted by molar-refractivity contribution is 0.290. The third kappa shape index (κ3) is 4.69. The molecule has 0 aliphatic heterocycles. The Morgan fingerprint density at radius 3 is 2.11 bits per heavy atom. The van der Waals surface area contributed by atoms with E-state index < -0.39 is 0 Å². The molecular formula is C6H13IN2. The highest BCUT2D eigenvalue weighted by Crippen LogP contribution is 1.97. The Morgan fingerprint density at radius 1 is 1.56 bits per heavy atom. The first-order valence-corrected chi connectivity index (χ1v) is 4.05. The number of rotatable bonds is 2. The van der Waals surface area contributed by atoms with Gasteiger partial charge in [-0.05, 0) is 43.4 Å². The topological polar surface area (TPSA) is 15.6 Å². The summed E-state index contributed by atoms with van der Waals surface area (Å²) < 4.78 is 1.07. The van der Waals surface area contributed by atoms with Gasteiger partial charge in [0.1, 0.15) is 0 Å². The van der Waals surface area contributed by atoms with Gasteiger partial charge < -0.3 is 0 Å². The van der Waals surface area contributed by atoms with E-state index >= 15 is 0 Å². The SMILES string of the molecule is C/C(I)=N\N(C)C(C)C. The van der Waals surface area contributed by atoms with Crippen molar-refractivity contribution in [2.45, 2.75) is 26.8 Å². The molecule has 54 valence electrons. The van der Waals surface area contributed by atoms with Crippen LogP contribution in [-0.2, 0) is 0 Å². The van der Waals surface area contributed by atoms with Gasteiger partial charge in [0.25, 0.3) is 0 Å². The van der Waals surface area contributed by atoms with E-state index in [2.05, 4.69) is 41.5 Å². The molecule has 0 spiro atoms. The molecule has 0 heterocycles. The number of hydrogen-bond acceptors (Lipinski definition) is 2. The van der Waals surface area contributed by atoms with Crippen LogP contribution in [0.1, 0.15) is 20.8 Å². The average Bonchev–Trinajstić information content (AvgIpc) is 1.63. The summed E-state index contributed by atoms with van der Waals surface area (Å²) in [5.41, 5.74) is 0. The summed E-state index contributed by atoms with van der Waals surface area (Å²) in [4.78, 5) is 0. The molecule has 9 heavy (non-hydrogen) atoms. The number of nitrogens with zero attached hydrogens (tertiary/aromatic N) is 2. The van der Waals surface area contributed by atoms with Gasteiger partial charge in [0.15, 0.2) is 0 Å². The van der Waals surface area contributed by atoms with Crippen LogP contribution in [0.25, 0.3) is 0 Å². The zero-order chi connectivity index (χ0) is 7.44. The molecule has 0 saturated carbocycles. The van der Waals surface area contributed by atoms with Crippen LogP contribution in [0.4, 0.5) is 0 Å². The van der Waals surface area contributed by atoms with E-state index in [0.717, 1.165) is 3.72 Å². The van der Waals surface area contributed by atoms with Crippen LogP contribution in [0.15, 0.2) is 5.10 Å². The molecule has 0 atom stereocenters. The van der Waals surface area contributed by atoms with Crippen molar-refractivity contribution in [2.75, 3.05) is 7.05 Å². The molecular weight excluding hydrogens is 227 g/mol. The highest BCUT2D eigenvalue weighted by molar-refractivity contribution is 14.1. The highest BCUT2D eigenvalue weighted by atomic mass is 127. The van der Waals surface area contributed by atoms with E-state index in [1.807, 2.05) is 19.0 Å². The maximum atomic E-state index is 4.21. The molecule has 0 aromatic carbocycles. The highest BCUT2D eigenvalue weighted by Gasteiger charge is 1.96. The minimum Gasteiger partial charge on any atom is -0.297 e. The number of hydrogen-bond donors (Lipinski definition) is 0. The minimum absolute atomic E-state index is 0.495. The summed E-state index contributed by atoms with van der Waals surface area (Å²) in [6.45, 7) is 6.21. The zero-order valence-electron chi connectivity index (χ0n) is 6.35. The third-order valence-electron chi connectivity index (χ3n) is 1.04. The molecule has 0 amide bonds. The van der Waals surface area contributed by atoms with Crippen LogP contribution in [0, 0.1) is 0 Å². The largest absolute Gasteiger partial charge is 0.297 e. The van der Waals surface area contributed by atoms with Gasteiger partial charge in [0.05, 0.1) is 3.72 Å². The lowest BCUT2D eigenvalue weighted by atomic mass is 10.4. The molecule has 0 fully saturated rings. The molecule has 0 saturated heterocycles. The lowest BCUT2D eigenvalue weighted by Crippen LogP contribution is -2.20. The van der Waals surface area contributed by atoms with E-state index in [9.17, 15) is 0 Å². The molecule has 0 aromatic heterocycles. The van der Waals surface area contributed by atoms with Crippen molar-refractivity contribution in [2.24, 2.45) is 5.10 Å². The Morgan fingerprint density at radius 2 is 2.00 bits per heavy atom. The minimum atomic E-state index is 0.495. The van der Waals surface area contributed by atoms with Crippen molar-refractivity contribution in [3.63, 3.8) is 0 Å². The van der Waals surface area contributed by atoms with Crippen LogP contribution >= 0.6 is 22.6 Å². The molecule has 0 radical (unpaired) electrons. The standard InChI is InChI=1S/C6H13IN2/c1-5(2)9(4)8-6(3)7/h5H,1-4H3/b8-6+. The van der Waals surface area contributed by atoms with Gasteiger partial charge in [-0.1, -0.05) is 0 Å². The van der Waals surface area contributed by atoms with Gasteiger partial charge in [0, 0.05) is 13.1 Å². The zero-order valence-corrected chi connectivity index (χ0v) is 8.51. The van der Waals surface area contributed by atoms with E-state index in [0.29, 0.717) is 6.04 Å². The van der Waals surface area contributed by atoms with E-state index in [1.165, 1.54) is 0 Å². The molecule has 2 nitrogen and oxygen atoms in total. The van der Waals surface area contributed by atoms with Crippen LogP contribution in [0.3, 0.4) is 0 Å². The second kappa shape index (κ2) is 4.09. The van der Waals surface area contributed by atoms with Crippen molar-refractivity contribution in [1.29, 1.82) is 0 Å². The van der Waals surface area contributed by atoms with Gasteiger partial charge in [-0.3, -0.25) is 5.01 Å². The summed E-state index contributed by atoms with van der Waals surface area (Å²) in [6.07, 6.45) is 0.